The minimum Gasteiger partial charge on any atom is -0.493 e. The molecule has 2 N–H and O–H groups in total. The molecular weight excluding hydrogens is 538 g/mol. The third kappa shape index (κ3) is 5.95. The van der Waals surface area contributed by atoms with Crippen LogP contribution in [0.25, 0.3) is 26.3 Å². The van der Waals surface area contributed by atoms with Crippen LogP contribution in [-0.2, 0) is 9.53 Å². The van der Waals surface area contributed by atoms with Crippen LogP contribution < -0.4 is 20.8 Å². The summed E-state index contributed by atoms with van der Waals surface area (Å²) in [5.41, 5.74) is 7.98. The van der Waals surface area contributed by atoms with Crippen LogP contribution in [0, 0.1) is 11.8 Å². The van der Waals surface area contributed by atoms with Gasteiger partial charge in [-0.2, -0.15) is 0 Å². The van der Waals surface area contributed by atoms with E-state index < -0.39 is 12.0 Å². The van der Waals surface area contributed by atoms with E-state index in [1.54, 1.807) is 18.2 Å². The highest BCUT2D eigenvalue weighted by Crippen LogP contribution is 2.37. The zero-order valence-corrected chi connectivity index (χ0v) is 23.5. The molecule has 1 aliphatic carbocycles. The molecule has 0 bridgehead atoms. The summed E-state index contributed by atoms with van der Waals surface area (Å²) in [6.07, 6.45) is 3.10. The molecule has 0 radical (unpaired) electrons. The lowest BCUT2D eigenvalue weighted by Crippen LogP contribution is -2.40. The third-order valence-electron chi connectivity index (χ3n) is 6.80. The molecule has 1 unspecified atom stereocenters. The number of hydrogen-bond donors (Lipinski definition) is 1. The van der Waals surface area contributed by atoms with Crippen molar-refractivity contribution in [2.75, 3.05) is 13.7 Å². The van der Waals surface area contributed by atoms with Crippen LogP contribution in [-0.4, -0.2) is 41.4 Å². The number of nitrogens with two attached hydrogens (primary N) is 1. The number of ether oxygens (including phenoxy) is 3. The molecule has 2 heterocycles. The first-order chi connectivity index (χ1) is 18.7. The molecule has 0 amide bonds. The number of thiophene rings is 1. The molecule has 2 aromatic carbocycles. The third-order valence-corrected chi connectivity index (χ3v) is 8.21. The van der Waals surface area contributed by atoms with Gasteiger partial charge in [0.1, 0.15) is 29.8 Å². The van der Waals surface area contributed by atoms with Gasteiger partial charge in [-0.3, -0.25) is 14.2 Å². The van der Waals surface area contributed by atoms with E-state index in [0.717, 1.165) is 23.3 Å². The first kappa shape index (κ1) is 27.2. The molecule has 2 aromatic heterocycles. The van der Waals surface area contributed by atoms with E-state index in [9.17, 15) is 9.59 Å². The Hall–Kier alpha value is -3.40. The first-order valence-electron chi connectivity index (χ1n) is 12.8. The van der Waals surface area contributed by atoms with Crippen LogP contribution in [0.2, 0.25) is 5.02 Å². The molecular formula is C29H30ClN3O5S. The number of carbonyl (C=O) groups excluding carboxylic acids is 1. The maximum atomic E-state index is 13.4. The van der Waals surface area contributed by atoms with E-state index in [2.05, 4.69) is 4.98 Å². The van der Waals surface area contributed by atoms with Crippen LogP contribution in [0.5, 0.6) is 11.5 Å². The molecule has 39 heavy (non-hydrogen) atoms. The van der Waals surface area contributed by atoms with Crippen LogP contribution in [0.1, 0.15) is 26.7 Å². The van der Waals surface area contributed by atoms with Gasteiger partial charge in [-0.15, -0.1) is 11.3 Å². The average Bonchev–Trinajstić information content (AvgIpc) is 3.69. The fraction of sp³-hybridized carbons (Fsp3) is 0.345. The quantitative estimate of drug-likeness (QED) is 0.254. The lowest BCUT2D eigenvalue weighted by molar-refractivity contribution is -0.154. The van der Waals surface area contributed by atoms with Crippen LogP contribution >= 0.6 is 22.9 Å². The summed E-state index contributed by atoms with van der Waals surface area (Å²) in [4.78, 5) is 31.3. The van der Waals surface area contributed by atoms with Gasteiger partial charge in [0.2, 0.25) is 0 Å². The van der Waals surface area contributed by atoms with Crippen molar-refractivity contribution in [3.05, 3.63) is 70.2 Å². The van der Waals surface area contributed by atoms with E-state index in [4.69, 9.17) is 31.5 Å². The smallest absolute Gasteiger partial charge is 0.323 e. The minimum atomic E-state index is -0.671. The van der Waals surface area contributed by atoms with E-state index >= 15 is 0 Å². The Bertz CT molecular complexity index is 1550. The van der Waals surface area contributed by atoms with Crippen molar-refractivity contribution in [2.24, 2.45) is 17.6 Å². The van der Waals surface area contributed by atoms with Gasteiger partial charge >= 0.3 is 5.97 Å². The second-order valence-electron chi connectivity index (χ2n) is 9.98. The van der Waals surface area contributed by atoms with E-state index in [-0.39, 0.29) is 30.1 Å². The molecule has 1 saturated carbocycles. The molecule has 5 rings (SSSR count). The fourth-order valence-corrected chi connectivity index (χ4v) is 5.36. The Morgan fingerprint density at radius 1 is 1.15 bits per heavy atom. The van der Waals surface area contributed by atoms with Gasteiger partial charge in [0, 0.05) is 16.0 Å². The molecule has 2 atom stereocenters. The number of fused-ring (bicyclic) bond motifs is 1. The van der Waals surface area contributed by atoms with Crippen molar-refractivity contribution in [3.8, 4) is 27.6 Å². The Kier molecular flexibility index (Phi) is 7.93. The maximum absolute atomic E-state index is 13.4. The van der Waals surface area contributed by atoms with Gasteiger partial charge in [0.25, 0.3) is 5.56 Å². The monoisotopic (exact) mass is 567 g/mol. The summed E-state index contributed by atoms with van der Waals surface area (Å²) < 4.78 is 19.3. The van der Waals surface area contributed by atoms with Gasteiger partial charge in [-0.25, -0.2) is 4.98 Å². The van der Waals surface area contributed by atoms with Crippen molar-refractivity contribution in [1.29, 1.82) is 0 Å². The zero-order valence-electron chi connectivity index (χ0n) is 21.9. The summed E-state index contributed by atoms with van der Waals surface area (Å²) >= 11 is 7.40. The molecule has 10 heteroatoms. The predicted octanol–water partition coefficient (Wildman–Crippen LogP) is 5.46. The Labute approximate surface area is 235 Å². The topological polar surface area (TPSA) is 106 Å². The second kappa shape index (κ2) is 11.4. The molecule has 4 aromatic rings. The average molecular weight is 568 g/mol. The van der Waals surface area contributed by atoms with Crippen LogP contribution in [0.15, 0.2) is 59.7 Å². The zero-order chi connectivity index (χ0) is 27.7. The second-order valence-corrected chi connectivity index (χ2v) is 11.5. The number of rotatable bonds is 10. The highest BCUT2D eigenvalue weighted by atomic mass is 35.5. The Balaban J connectivity index is 1.36. The van der Waals surface area contributed by atoms with Crippen molar-refractivity contribution in [2.45, 2.75) is 38.8 Å². The van der Waals surface area contributed by atoms with E-state index in [0.29, 0.717) is 32.4 Å². The summed E-state index contributed by atoms with van der Waals surface area (Å²) in [5, 5.41) is 0.654. The predicted molar refractivity (Wildman–Crippen MR) is 153 cm³/mol. The minimum absolute atomic E-state index is 0.0128. The lowest BCUT2D eigenvalue weighted by Gasteiger charge is -2.22. The number of methoxy groups -OCH3 is 1. The highest BCUT2D eigenvalue weighted by Gasteiger charge is 2.36. The van der Waals surface area contributed by atoms with Crippen molar-refractivity contribution in [1.82, 2.24) is 9.55 Å². The first-order valence-corrected chi connectivity index (χ1v) is 14.0. The molecule has 0 spiro atoms. The van der Waals surface area contributed by atoms with Gasteiger partial charge in [-0.05, 0) is 60.6 Å². The van der Waals surface area contributed by atoms with Crippen molar-refractivity contribution < 1.29 is 19.0 Å². The number of carbonyl (C=O) groups is 1. The number of benzene rings is 2. The Morgan fingerprint density at radius 2 is 1.90 bits per heavy atom. The molecule has 1 fully saturated rings. The molecule has 1 aliphatic rings. The highest BCUT2D eigenvalue weighted by molar-refractivity contribution is 7.22. The van der Waals surface area contributed by atoms with E-state index in [1.165, 1.54) is 29.3 Å². The van der Waals surface area contributed by atoms with Gasteiger partial charge < -0.3 is 19.9 Å². The van der Waals surface area contributed by atoms with Crippen molar-refractivity contribution >= 4 is 39.1 Å². The number of hydrogen-bond acceptors (Lipinski definition) is 8. The summed E-state index contributed by atoms with van der Waals surface area (Å²) in [6, 6.07) is 14.0. The van der Waals surface area contributed by atoms with Gasteiger partial charge in [0.05, 0.1) is 18.3 Å². The van der Waals surface area contributed by atoms with Crippen LogP contribution in [0.4, 0.5) is 0 Å². The van der Waals surface area contributed by atoms with Gasteiger partial charge in [-0.1, -0.05) is 37.6 Å². The Morgan fingerprint density at radius 3 is 2.56 bits per heavy atom. The SMILES string of the molecule is COc1cc(-n2cnc3cc(-c4ccc(Cl)cc4)sc3c2=O)ccc1OC[C@H](OC(=O)C(N)C(C)C)C1CC1. The number of halogens is 1. The lowest BCUT2D eigenvalue weighted by atomic mass is 10.1. The molecule has 204 valence electrons. The largest absolute Gasteiger partial charge is 0.493 e. The standard InChI is InChI=1S/C29H30ClN3O5S/c1-16(2)26(31)29(35)38-24(17-4-5-17)14-37-22-11-10-20(12-23(22)36-3)33-15-32-21-13-25(39-27(21)28(33)34)18-6-8-19(30)9-7-18/h6-13,15-17,24,26H,4-5,14,31H2,1-3H3/t24-,26?/m0/s1. The summed E-state index contributed by atoms with van der Waals surface area (Å²) in [6.45, 7) is 3.96. The van der Waals surface area contributed by atoms with Crippen molar-refractivity contribution in [3.63, 3.8) is 0 Å². The number of nitrogens with zero attached hydrogens (tertiary/aromatic N) is 2. The normalized spacial score (nSPS) is 14.8. The number of esters is 1. The summed E-state index contributed by atoms with van der Waals surface area (Å²) in [7, 11) is 1.54. The molecule has 0 aliphatic heterocycles. The molecule has 8 nitrogen and oxygen atoms in total. The van der Waals surface area contributed by atoms with Gasteiger partial charge in [0.15, 0.2) is 11.5 Å². The van der Waals surface area contributed by atoms with Crippen LogP contribution in [0.3, 0.4) is 0 Å². The fourth-order valence-electron chi connectivity index (χ4n) is 4.18. The maximum Gasteiger partial charge on any atom is 0.323 e. The summed E-state index contributed by atoms with van der Waals surface area (Å²) in [5.74, 6) is 0.772. The molecule has 0 saturated heterocycles. The van der Waals surface area contributed by atoms with E-state index in [1.807, 2.05) is 44.2 Å². The number of aromatic nitrogens is 2.